The first-order valence-corrected chi connectivity index (χ1v) is 10.0. The van der Waals surface area contributed by atoms with Gasteiger partial charge in [-0.1, -0.05) is 11.6 Å². The molecule has 7 heteroatoms. The molecule has 2 N–H and O–H groups in total. The van der Waals surface area contributed by atoms with Crippen molar-refractivity contribution in [2.45, 2.75) is 35.0 Å². The van der Waals surface area contributed by atoms with Gasteiger partial charge >= 0.3 is 0 Å². The van der Waals surface area contributed by atoms with Gasteiger partial charge < -0.3 is 10.5 Å². The third kappa shape index (κ3) is 2.91. The molecule has 0 aromatic heterocycles. The third-order valence-electron chi connectivity index (χ3n) is 4.23. The van der Waals surface area contributed by atoms with Crippen LogP contribution in [0.25, 0.3) is 0 Å². The minimum absolute atomic E-state index is 0.194. The van der Waals surface area contributed by atoms with Crippen molar-refractivity contribution in [2.24, 2.45) is 0 Å². The highest BCUT2D eigenvalue weighted by Gasteiger charge is 2.45. The molecule has 0 saturated carbocycles. The highest BCUT2D eigenvalue weighted by Crippen LogP contribution is 2.41. The van der Waals surface area contributed by atoms with Crippen molar-refractivity contribution >= 4 is 38.9 Å². The minimum atomic E-state index is -3.45. The van der Waals surface area contributed by atoms with Crippen LogP contribution in [0.4, 0.5) is 5.69 Å². The number of hydrogen-bond donors (Lipinski definition) is 1. The lowest BCUT2D eigenvalue weighted by atomic mass is 9.93. The average molecular weight is 348 g/mol. The summed E-state index contributed by atoms with van der Waals surface area (Å²) in [6.45, 7) is 0.498. The zero-order chi connectivity index (χ0) is 15.1. The fraction of sp³-hybridized carbons (Fsp3) is 0.571. The van der Waals surface area contributed by atoms with Crippen LogP contribution in [0.5, 0.6) is 0 Å². The lowest BCUT2D eigenvalue weighted by Crippen LogP contribution is -2.44. The summed E-state index contributed by atoms with van der Waals surface area (Å²) < 4.78 is 31.6. The molecule has 21 heavy (non-hydrogen) atoms. The van der Waals surface area contributed by atoms with Gasteiger partial charge in [0.2, 0.25) is 0 Å². The quantitative estimate of drug-likeness (QED) is 0.833. The second-order valence-electron chi connectivity index (χ2n) is 5.68. The highest BCUT2D eigenvalue weighted by molar-refractivity contribution is 7.99. The second kappa shape index (κ2) is 5.65. The molecule has 2 unspecified atom stereocenters. The topological polar surface area (TPSA) is 69.4 Å². The van der Waals surface area contributed by atoms with Gasteiger partial charge in [-0.25, -0.2) is 8.42 Å². The monoisotopic (exact) mass is 347 g/mol. The molecule has 2 aliphatic rings. The van der Waals surface area contributed by atoms with E-state index in [0.717, 1.165) is 17.9 Å². The Kier molecular flexibility index (Phi) is 4.16. The molecule has 4 nitrogen and oxygen atoms in total. The summed E-state index contributed by atoms with van der Waals surface area (Å²) in [5.74, 6) is 1.92. The number of halogens is 1. The molecule has 3 rings (SSSR count). The van der Waals surface area contributed by atoms with Gasteiger partial charge in [-0.15, -0.1) is 0 Å². The summed E-state index contributed by atoms with van der Waals surface area (Å²) in [4.78, 5) is 0.194. The van der Waals surface area contributed by atoms with Crippen LogP contribution in [-0.2, 0) is 14.6 Å². The van der Waals surface area contributed by atoms with Gasteiger partial charge in [0, 0.05) is 17.4 Å². The van der Waals surface area contributed by atoms with Crippen molar-refractivity contribution < 1.29 is 13.2 Å². The van der Waals surface area contributed by atoms with Gasteiger partial charge in [0.05, 0.1) is 21.4 Å². The Balaban J connectivity index is 1.90. The summed E-state index contributed by atoms with van der Waals surface area (Å²) in [5, 5.41) is 0.0236. The number of thioether (sulfide) groups is 1. The molecule has 2 saturated heterocycles. The SMILES string of the molecule is Nc1cc(Cl)ccc1S(=O)(=O)C1CCOC2(CCSC2)C1. The van der Waals surface area contributed by atoms with Crippen molar-refractivity contribution in [2.75, 3.05) is 23.8 Å². The predicted molar refractivity (Wildman–Crippen MR) is 86.7 cm³/mol. The summed E-state index contributed by atoms with van der Waals surface area (Å²) in [6.07, 6.45) is 2.01. The molecule has 1 spiro atoms. The van der Waals surface area contributed by atoms with E-state index in [2.05, 4.69) is 0 Å². The first-order chi connectivity index (χ1) is 9.93. The number of anilines is 1. The Morgan fingerprint density at radius 2 is 2.24 bits per heavy atom. The van der Waals surface area contributed by atoms with Crippen LogP contribution in [0, 0.1) is 0 Å². The normalized spacial score (nSPS) is 29.9. The molecule has 2 fully saturated rings. The van der Waals surface area contributed by atoms with E-state index in [0.29, 0.717) is 24.5 Å². The van der Waals surface area contributed by atoms with E-state index in [1.54, 1.807) is 6.07 Å². The Morgan fingerprint density at radius 1 is 1.43 bits per heavy atom. The zero-order valence-corrected chi connectivity index (χ0v) is 13.9. The molecular weight excluding hydrogens is 330 g/mol. The average Bonchev–Trinajstić information content (AvgIpc) is 2.86. The van der Waals surface area contributed by atoms with E-state index < -0.39 is 15.1 Å². The number of rotatable bonds is 2. The number of nitrogen functional groups attached to an aromatic ring is 1. The Morgan fingerprint density at radius 3 is 2.90 bits per heavy atom. The van der Waals surface area contributed by atoms with Crippen molar-refractivity contribution in [1.29, 1.82) is 0 Å². The van der Waals surface area contributed by atoms with Crippen LogP contribution >= 0.6 is 23.4 Å². The smallest absolute Gasteiger partial charge is 0.183 e. The number of ether oxygens (including phenoxy) is 1. The molecule has 1 aromatic rings. The van der Waals surface area contributed by atoms with Gasteiger partial charge in [-0.2, -0.15) is 11.8 Å². The first kappa shape index (κ1) is 15.5. The van der Waals surface area contributed by atoms with E-state index in [-0.39, 0.29) is 16.2 Å². The highest BCUT2D eigenvalue weighted by atomic mass is 35.5. The van der Waals surface area contributed by atoms with Crippen molar-refractivity contribution in [3.63, 3.8) is 0 Å². The standard InChI is InChI=1S/C14H18ClNO3S2/c15-10-1-2-13(12(16)7-10)21(17,18)11-3-5-19-14(8-11)4-6-20-9-14/h1-2,7,11H,3-6,8-9,16H2. The van der Waals surface area contributed by atoms with Crippen LogP contribution < -0.4 is 5.73 Å². The van der Waals surface area contributed by atoms with Gasteiger partial charge in [0.25, 0.3) is 0 Å². The third-order valence-corrected chi connectivity index (χ3v) is 7.96. The molecule has 2 heterocycles. The molecule has 1 aromatic carbocycles. The van der Waals surface area contributed by atoms with Crippen molar-refractivity contribution in [3.8, 4) is 0 Å². The number of benzene rings is 1. The number of hydrogen-bond acceptors (Lipinski definition) is 5. The fourth-order valence-electron chi connectivity index (χ4n) is 3.07. The van der Waals surface area contributed by atoms with Crippen LogP contribution in [0.15, 0.2) is 23.1 Å². The van der Waals surface area contributed by atoms with Gasteiger partial charge in [-0.05, 0) is 43.2 Å². The summed E-state index contributed by atoms with van der Waals surface area (Å²) in [7, 11) is -3.45. The lowest BCUT2D eigenvalue weighted by Gasteiger charge is -2.37. The van der Waals surface area contributed by atoms with Crippen LogP contribution in [0.3, 0.4) is 0 Å². The maximum Gasteiger partial charge on any atom is 0.183 e. The maximum absolute atomic E-state index is 12.9. The molecule has 0 radical (unpaired) electrons. The van der Waals surface area contributed by atoms with Gasteiger partial charge in [-0.3, -0.25) is 0 Å². The zero-order valence-electron chi connectivity index (χ0n) is 11.5. The van der Waals surface area contributed by atoms with Crippen molar-refractivity contribution in [1.82, 2.24) is 0 Å². The van der Waals surface area contributed by atoms with E-state index in [1.807, 2.05) is 11.8 Å². The largest absolute Gasteiger partial charge is 0.398 e. The number of sulfone groups is 1. The Labute approximate surface area is 134 Å². The van der Waals surface area contributed by atoms with Crippen LogP contribution in [0.2, 0.25) is 5.02 Å². The van der Waals surface area contributed by atoms with E-state index in [9.17, 15) is 8.42 Å². The van der Waals surface area contributed by atoms with E-state index >= 15 is 0 Å². The minimum Gasteiger partial charge on any atom is -0.398 e. The van der Waals surface area contributed by atoms with Crippen molar-refractivity contribution in [3.05, 3.63) is 23.2 Å². The second-order valence-corrected chi connectivity index (χ2v) is 9.41. The number of nitrogens with two attached hydrogens (primary N) is 1. The van der Waals surface area contributed by atoms with Crippen LogP contribution in [0.1, 0.15) is 19.3 Å². The molecule has 0 amide bonds. The van der Waals surface area contributed by atoms with Crippen LogP contribution in [-0.4, -0.2) is 37.4 Å². The molecule has 0 aliphatic carbocycles. The molecule has 0 bridgehead atoms. The summed E-state index contributed by atoms with van der Waals surface area (Å²) >= 11 is 7.68. The first-order valence-electron chi connectivity index (χ1n) is 6.94. The fourth-order valence-corrected chi connectivity index (χ4v) is 6.56. The summed E-state index contributed by atoms with van der Waals surface area (Å²) in [5.41, 5.74) is 5.82. The Hall–Kier alpha value is -0.430. The lowest BCUT2D eigenvalue weighted by molar-refractivity contribution is -0.0572. The molecule has 116 valence electrons. The van der Waals surface area contributed by atoms with E-state index in [4.69, 9.17) is 22.1 Å². The molecule has 2 aliphatic heterocycles. The Bertz CT molecular complexity index is 642. The van der Waals surface area contributed by atoms with Gasteiger partial charge in [0.15, 0.2) is 9.84 Å². The van der Waals surface area contributed by atoms with Gasteiger partial charge in [0.1, 0.15) is 0 Å². The summed E-state index contributed by atoms with van der Waals surface area (Å²) in [6, 6.07) is 4.58. The van der Waals surface area contributed by atoms with E-state index in [1.165, 1.54) is 12.1 Å². The molecule has 2 atom stereocenters. The predicted octanol–water partition coefficient (Wildman–Crippen LogP) is 2.75. The molecular formula is C14H18ClNO3S2. The maximum atomic E-state index is 12.9.